The molecule has 1 N–H and O–H groups in total. The Bertz CT molecular complexity index is 412. The zero-order chi connectivity index (χ0) is 12.6. The molecule has 0 unspecified atom stereocenters. The molecule has 1 aliphatic heterocycles. The normalized spacial score (nSPS) is 24.1. The number of alkyl halides is 3. The molecule has 0 saturated carbocycles. The summed E-state index contributed by atoms with van der Waals surface area (Å²) in [6.07, 6.45) is -2.37. The maximum Gasteiger partial charge on any atom is 0.416 e. The van der Waals surface area contributed by atoms with Crippen molar-refractivity contribution < 1.29 is 13.2 Å². The Balaban J connectivity index is 2.37. The van der Waals surface area contributed by atoms with Gasteiger partial charge in [0.25, 0.3) is 0 Å². The second-order valence-corrected chi connectivity index (χ2v) is 4.69. The minimum absolute atomic E-state index is 0.179. The van der Waals surface area contributed by atoms with Crippen molar-refractivity contribution in [3.63, 3.8) is 0 Å². The SMILES string of the molecule is CC[C@@H]1C[C@H](C)c2cc(C(F)(F)F)ccc2N1. The van der Waals surface area contributed by atoms with Crippen LogP contribution in [0.3, 0.4) is 0 Å². The Morgan fingerprint density at radius 1 is 1.35 bits per heavy atom. The Kier molecular flexibility index (Phi) is 3.06. The van der Waals surface area contributed by atoms with Gasteiger partial charge < -0.3 is 5.32 Å². The van der Waals surface area contributed by atoms with Gasteiger partial charge in [-0.3, -0.25) is 0 Å². The number of anilines is 1. The summed E-state index contributed by atoms with van der Waals surface area (Å²) in [5.41, 5.74) is 1.08. The molecule has 0 amide bonds. The highest BCUT2D eigenvalue weighted by molar-refractivity contribution is 5.57. The van der Waals surface area contributed by atoms with Crippen LogP contribution in [0.2, 0.25) is 0 Å². The van der Waals surface area contributed by atoms with Crippen molar-refractivity contribution in [3.05, 3.63) is 29.3 Å². The monoisotopic (exact) mass is 243 g/mol. The van der Waals surface area contributed by atoms with Crippen LogP contribution in [0.15, 0.2) is 18.2 Å². The van der Waals surface area contributed by atoms with Crippen molar-refractivity contribution in [2.75, 3.05) is 5.32 Å². The minimum Gasteiger partial charge on any atom is -0.382 e. The number of fused-ring (bicyclic) bond motifs is 1. The molecule has 0 radical (unpaired) electrons. The molecule has 2 atom stereocenters. The van der Waals surface area contributed by atoms with E-state index in [1.807, 2.05) is 6.92 Å². The molecule has 2 rings (SSSR count). The van der Waals surface area contributed by atoms with E-state index in [2.05, 4.69) is 12.2 Å². The van der Waals surface area contributed by atoms with Crippen molar-refractivity contribution in [3.8, 4) is 0 Å². The summed E-state index contributed by atoms with van der Waals surface area (Å²) < 4.78 is 37.8. The minimum atomic E-state index is -4.25. The van der Waals surface area contributed by atoms with E-state index in [0.717, 1.165) is 30.2 Å². The molecule has 17 heavy (non-hydrogen) atoms. The fourth-order valence-electron chi connectivity index (χ4n) is 2.38. The first kappa shape index (κ1) is 12.3. The molecule has 0 spiro atoms. The lowest BCUT2D eigenvalue weighted by Crippen LogP contribution is -2.26. The average Bonchev–Trinajstić information content (AvgIpc) is 2.27. The van der Waals surface area contributed by atoms with Crippen molar-refractivity contribution in [2.45, 2.75) is 44.8 Å². The molecule has 94 valence electrons. The Labute approximate surface area is 99.0 Å². The van der Waals surface area contributed by atoms with E-state index >= 15 is 0 Å². The number of hydrogen-bond acceptors (Lipinski definition) is 1. The van der Waals surface area contributed by atoms with E-state index in [4.69, 9.17) is 0 Å². The number of benzene rings is 1. The zero-order valence-electron chi connectivity index (χ0n) is 9.93. The molecule has 0 bridgehead atoms. The maximum atomic E-state index is 12.6. The van der Waals surface area contributed by atoms with Gasteiger partial charge >= 0.3 is 6.18 Å². The van der Waals surface area contributed by atoms with Gasteiger partial charge in [0.15, 0.2) is 0 Å². The highest BCUT2D eigenvalue weighted by Crippen LogP contribution is 2.39. The van der Waals surface area contributed by atoms with Gasteiger partial charge in [-0.15, -0.1) is 0 Å². The van der Waals surface area contributed by atoms with Crippen molar-refractivity contribution >= 4 is 5.69 Å². The first-order valence-corrected chi connectivity index (χ1v) is 5.89. The van der Waals surface area contributed by atoms with Crippen LogP contribution in [0, 0.1) is 0 Å². The first-order chi connectivity index (χ1) is 7.91. The second-order valence-electron chi connectivity index (χ2n) is 4.69. The standard InChI is InChI=1S/C13H16F3N/c1-3-10-6-8(2)11-7-9(13(14,15)16)4-5-12(11)17-10/h4-5,7-8,10,17H,3,6H2,1-2H3/t8-,10+/m0/s1. The summed E-state index contributed by atoms with van der Waals surface area (Å²) in [4.78, 5) is 0. The highest BCUT2D eigenvalue weighted by atomic mass is 19.4. The van der Waals surface area contributed by atoms with Gasteiger partial charge in [0.05, 0.1) is 5.56 Å². The molecule has 1 aliphatic rings. The molecule has 1 nitrogen and oxygen atoms in total. The van der Waals surface area contributed by atoms with E-state index in [1.54, 1.807) is 6.07 Å². The lowest BCUT2D eigenvalue weighted by molar-refractivity contribution is -0.137. The van der Waals surface area contributed by atoms with E-state index in [9.17, 15) is 13.2 Å². The molecule has 1 aromatic carbocycles. The smallest absolute Gasteiger partial charge is 0.382 e. The van der Waals surface area contributed by atoms with Crippen LogP contribution in [0.5, 0.6) is 0 Å². The Morgan fingerprint density at radius 3 is 2.65 bits per heavy atom. The molecule has 1 heterocycles. The highest BCUT2D eigenvalue weighted by Gasteiger charge is 2.32. The molecule has 0 fully saturated rings. The number of rotatable bonds is 1. The summed E-state index contributed by atoms with van der Waals surface area (Å²) in [6, 6.07) is 4.35. The third-order valence-corrected chi connectivity index (χ3v) is 3.40. The fourth-order valence-corrected chi connectivity index (χ4v) is 2.38. The van der Waals surface area contributed by atoms with Crippen LogP contribution >= 0.6 is 0 Å². The maximum absolute atomic E-state index is 12.6. The van der Waals surface area contributed by atoms with Crippen LogP contribution in [-0.4, -0.2) is 6.04 Å². The van der Waals surface area contributed by atoms with Gasteiger partial charge in [0, 0.05) is 11.7 Å². The number of hydrogen-bond donors (Lipinski definition) is 1. The zero-order valence-corrected chi connectivity index (χ0v) is 9.93. The van der Waals surface area contributed by atoms with Crippen molar-refractivity contribution in [1.82, 2.24) is 0 Å². The Hall–Kier alpha value is -1.19. The van der Waals surface area contributed by atoms with Crippen LogP contribution in [0.4, 0.5) is 18.9 Å². The van der Waals surface area contributed by atoms with Gasteiger partial charge in [0.2, 0.25) is 0 Å². The molecular weight excluding hydrogens is 227 g/mol. The molecule has 0 aliphatic carbocycles. The summed E-state index contributed by atoms with van der Waals surface area (Å²) in [6.45, 7) is 4.07. The van der Waals surface area contributed by atoms with Gasteiger partial charge in [-0.25, -0.2) is 0 Å². The van der Waals surface area contributed by atoms with E-state index < -0.39 is 11.7 Å². The van der Waals surface area contributed by atoms with Gasteiger partial charge in [-0.1, -0.05) is 13.8 Å². The topological polar surface area (TPSA) is 12.0 Å². The first-order valence-electron chi connectivity index (χ1n) is 5.89. The van der Waals surface area contributed by atoms with E-state index in [0.29, 0.717) is 6.04 Å². The predicted octanol–water partition coefficient (Wildman–Crippen LogP) is 4.40. The number of halogens is 3. The van der Waals surface area contributed by atoms with Crippen molar-refractivity contribution in [2.24, 2.45) is 0 Å². The summed E-state index contributed by atoms with van der Waals surface area (Å²) in [7, 11) is 0. The molecule has 4 heteroatoms. The van der Waals surface area contributed by atoms with Gasteiger partial charge in [0.1, 0.15) is 0 Å². The summed E-state index contributed by atoms with van der Waals surface area (Å²) in [5, 5.41) is 3.29. The quantitative estimate of drug-likeness (QED) is 0.770. The molecule has 0 aromatic heterocycles. The lowest BCUT2D eigenvalue weighted by Gasteiger charge is -2.31. The van der Waals surface area contributed by atoms with Gasteiger partial charge in [-0.2, -0.15) is 13.2 Å². The third-order valence-electron chi connectivity index (χ3n) is 3.40. The van der Waals surface area contributed by atoms with E-state index in [-0.39, 0.29) is 5.92 Å². The molecular formula is C13H16F3N. The summed E-state index contributed by atoms with van der Waals surface area (Å²) >= 11 is 0. The Morgan fingerprint density at radius 2 is 2.06 bits per heavy atom. The molecule has 0 saturated heterocycles. The van der Waals surface area contributed by atoms with Crippen LogP contribution in [0.25, 0.3) is 0 Å². The largest absolute Gasteiger partial charge is 0.416 e. The van der Waals surface area contributed by atoms with Crippen LogP contribution in [0.1, 0.15) is 43.7 Å². The van der Waals surface area contributed by atoms with Crippen LogP contribution < -0.4 is 5.32 Å². The number of nitrogens with one attached hydrogen (secondary N) is 1. The van der Waals surface area contributed by atoms with E-state index in [1.165, 1.54) is 6.07 Å². The lowest BCUT2D eigenvalue weighted by atomic mass is 9.86. The van der Waals surface area contributed by atoms with Crippen LogP contribution in [-0.2, 0) is 6.18 Å². The second kappa shape index (κ2) is 4.24. The average molecular weight is 243 g/mol. The third kappa shape index (κ3) is 2.40. The summed E-state index contributed by atoms with van der Waals surface area (Å²) in [5.74, 6) is 0.179. The molecule has 1 aromatic rings. The fraction of sp³-hybridized carbons (Fsp3) is 0.538. The van der Waals surface area contributed by atoms with Gasteiger partial charge in [-0.05, 0) is 42.5 Å². The van der Waals surface area contributed by atoms with Crippen molar-refractivity contribution in [1.29, 1.82) is 0 Å². The predicted molar refractivity (Wildman–Crippen MR) is 62.2 cm³/mol.